The number of halogens is 1. The Bertz CT molecular complexity index is 1170. The van der Waals surface area contributed by atoms with Gasteiger partial charge in [0.25, 0.3) is 0 Å². The van der Waals surface area contributed by atoms with Crippen LogP contribution in [0.25, 0.3) is 22.4 Å². The smallest absolute Gasteiger partial charge is 0.228 e. The highest BCUT2D eigenvalue weighted by atomic mass is 35.5. The lowest BCUT2D eigenvalue weighted by atomic mass is 10.2. The molecule has 1 saturated heterocycles. The van der Waals surface area contributed by atoms with E-state index in [0.29, 0.717) is 23.9 Å². The van der Waals surface area contributed by atoms with Crippen LogP contribution in [0.1, 0.15) is 12.8 Å². The second kappa shape index (κ2) is 8.19. The fourth-order valence-corrected chi connectivity index (χ4v) is 4.37. The molecule has 1 aromatic carbocycles. The van der Waals surface area contributed by atoms with E-state index in [1.54, 1.807) is 6.20 Å². The van der Waals surface area contributed by atoms with Gasteiger partial charge in [-0.25, -0.2) is 9.97 Å². The van der Waals surface area contributed by atoms with Gasteiger partial charge in [-0.2, -0.15) is 0 Å². The number of nitrogens with zero attached hydrogens (tertiary/aromatic N) is 6. The molecule has 8 nitrogen and oxygen atoms in total. The summed E-state index contributed by atoms with van der Waals surface area (Å²) < 4.78 is 2.06. The van der Waals surface area contributed by atoms with E-state index in [1.807, 2.05) is 31.3 Å². The van der Waals surface area contributed by atoms with Gasteiger partial charge in [-0.1, -0.05) is 23.7 Å². The summed E-state index contributed by atoms with van der Waals surface area (Å²) in [5, 5.41) is 3.48. The van der Waals surface area contributed by atoms with Crippen LogP contribution in [0.5, 0.6) is 0 Å². The minimum absolute atomic E-state index is 0.0394. The maximum Gasteiger partial charge on any atom is 0.228 e. The molecule has 9 heteroatoms. The van der Waals surface area contributed by atoms with E-state index in [4.69, 9.17) is 16.6 Å². The topological polar surface area (TPSA) is 78.7 Å². The van der Waals surface area contributed by atoms with Crippen molar-refractivity contribution in [1.82, 2.24) is 24.8 Å². The number of fused-ring (bicyclic) bond motifs is 1. The lowest BCUT2D eigenvalue weighted by Crippen LogP contribution is -2.48. The Balaban J connectivity index is 1.40. The molecule has 1 fully saturated rings. The molecule has 160 valence electrons. The Kier molecular flexibility index (Phi) is 5.23. The number of guanidine groups is 1. The van der Waals surface area contributed by atoms with E-state index in [9.17, 15) is 4.79 Å². The maximum absolute atomic E-state index is 11.7. The SMILES string of the molecule is Cn1c(-c2cc(N3CCCN(C4=NCCC(=O)N4)CC3)ncc2Cl)nc2ccccc21. The lowest BCUT2D eigenvalue weighted by molar-refractivity contribution is -0.120. The third-order valence-corrected chi connectivity index (χ3v) is 6.14. The number of aliphatic imine (C=N–C) groups is 1. The maximum atomic E-state index is 11.7. The minimum atomic E-state index is 0.0394. The summed E-state index contributed by atoms with van der Waals surface area (Å²) in [7, 11) is 2.00. The number of hydrogen-bond donors (Lipinski definition) is 1. The standard InChI is InChI=1S/C22H24ClN7O/c1-28-18-6-3-2-5-17(18)26-21(28)15-13-19(25-14-16(15)23)29-9-4-10-30(12-11-29)22-24-8-7-20(31)27-22/h2-3,5-6,13-14H,4,7-12H2,1H3,(H,24,27,31). The van der Waals surface area contributed by atoms with Crippen LogP contribution in [0.3, 0.4) is 0 Å². The van der Waals surface area contributed by atoms with Crippen LogP contribution < -0.4 is 10.2 Å². The zero-order chi connectivity index (χ0) is 21.4. The minimum Gasteiger partial charge on any atom is -0.355 e. The van der Waals surface area contributed by atoms with Gasteiger partial charge in [0.1, 0.15) is 11.6 Å². The van der Waals surface area contributed by atoms with E-state index < -0.39 is 0 Å². The van der Waals surface area contributed by atoms with Crippen molar-refractivity contribution in [2.75, 3.05) is 37.6 Å². The average Bonchev–Trinajstić information content (AvgIpc) is 2.95. The first kappa shape index (κ1) is 19.8. The number of aryl methyl sites for hydroxylation is 1. The molecule has 2 aliphatic rings. The van der Waals surface area contributed by atoms with Gasteiger partial charge in [0.05, 0.1) is 22.6 Å². The molecular formula is C22H24ClN7O. The number of rotatable bonds is 2. The number of para-hydroxylation sites is 2. The quantitative estimate of drug-likeness (QED) is 0.666. The van der Waals surface area contributed by atoms with Crippen LogP contribution in [0.4, 0.5) is 5.82 Å². The number of carbonyl (C=O) groups excluding carboxylic acids is 1. The molecule has 0 spiro atoms. The number of carbonyl (C=O) groups is 1. The Morgan fingerprint density at radius 2 is 1.90 bits per heavy atom. The Morgan fingerprint density at radius 3 is 2.74 bits per heavy atom. The normalized spacial score (nSPS) is 17.5. The summed E-state index contributed by atoms with van der Waals surface area (Å²) in [5.74, 6) is 2.44. The number of imidazole rings is 1. The highest BCUT2D eigenvalue weighted by molar-refractivity contribution is 6.33. The molecule has 5 rings (SSSR count). The molecule has 0 atom stereocenters. The molecule has 2 aliphatic heterocycles. The summed E-state index contributed by atoms with van der Waals surface area (Å²) in [5.41, 5.74) is 2.87. The average molecular weight is 438 g/mol. The molecule has 0 bridgehead atoms. The predicted molar refractivity (Wildman–Crippen MR) is 122 cm³/mol. The van der Waals surface area contributed by atoms with Gasteiger partial charge in [0.15, 0.2) is 0 Å². The molecule has 0 unspecified atom stereocenters. The van der Waals surface area contributed by atoms with Gasteiger partial charge in [-0.05, 0) is 24.6 Å². The fourth-order valence-electron chi connectivity index (χ4n) is 4.19. The lowest BCUT2D eigenvalue weighted by Gasteiger charge is -2.27. The summed E-state index contributed by atoms with van der Waals surface area (Å²) in [6.45, 7) is 3.83. The second-order valence-corrected chi connectivity index (χ2v) is 8.24. The summed E-state index contributed by atoms with van der Waals surface area (Å²) >= 11 is 6.54. The number of hydrogen-bond acceptors (Lipinski definition) is 6. The second-order valence-electron chi connectivity index (χ2n) is 7.84. The third-order valence-electron chi connectivity index (χ3n) is 5.84. The molecule has 1 amide bonds. The Labute approximate surface area is 185 Å². The summed E-state index contributed by atoms with van der Waals surface area (Å²) in [4.78, 5) is 30.0. The highest BCUT2D eigenvalue weighted by Crippen LogP contribution is 2.32. The zero-order valence-corrected chi connectivity index (χ0v) is 18.1. The van der Waals surface area contributed by atoms with E-state index in [-0.39, 0.29) is 5.91 Å². The Hall–Kier alpha value is -3.13. The monoisotopic (exact) mass is 437 g/mol. The molecule has 0 aliphatic carbocycles. The van der Waals surface area contributed by atoms with Gasteiger partial charge in [0, 0.05) is 51.4 Å². The number of aromatic nitrogens is 3. The van der Waals surface area contributed by atoms with Gasteiger partial charge in [-0.15, -0.1) is 0 Å². The number of pyridine rings is 1. The van der Waals surface area contributed by atoms with Gasteiger partial charge < -0.3 is 14.4 Å². The van der Waals surface area contributed by atoms with Crippen molar-refractivity contribution in [2.24, 2.45) is 12.0 Å². The first-order valence-electron chi connectivity index (χ1n) is 10.5. The van der Waals surface area contributed by atoms with Gasteiger partial charge in [-0.3, -0.25) is 15.1 Å². The molecule has 31 heavy (non-hydrogen) atoms. The summed E-state index contributed by atoms with van der Waals surface area (Å²) in [6, 6.07) is 10.1. The molecule has 0 saturated carbocycles. The Morgan fingerprint density at radius 1 is 1.10 bits per heavy atom. The van der Waals surface area contributed by atoms with Crippen molar-refractivity contribution in [3.8, 4) is 11.4 Å². The largest absolute Gasteiger partial charge is 0.355 e. The molecule has 0 radical (unpaired) electrons. The van der Waals surface area contributed by atoms with Crippen LogP contribution in [0, 0.1) is 0 Å². The number of nitrogens with one attached hydrogen (secondary N) is 1. The van der Waals surface area contributed by atoms with Crippen molar-refractivity contribution < 1.29 is 4.79 Å². The first-order valence-corrected chi connectivity index (χ1v) is 10.9. The highest BCUT2D eigenvalue weighted by Gasteiger charge is 2.23. The van der Waals surface area contributed by atoms with E-state index in [2.05, 4.69) is 35.7 Å². The van der Waals surface area contributed by atoms with Crippen molar-refractivity contribution in [3.05, 3.63) is 41.6 Å². The van der Waals surface area contributed by atoms with Crippen LogP contribution in [-0.2, 0) is 11.8 Å². The number of benzene rings is 1. The van der Waals surface area contributed by atoms with Gasteiger partial charge >= 0.3 is 0 Å². The van der Waals surface area contributed by atoms with E-state index >= 15 is 0 Å². The van der Waals surface area contributed by atoms with Crippen molar-refractivity contribution >= 4 is 40.3 Å². The molecular weight excluding hydrogens is 414 g/mol. The van der Waals surface area contributed by atoms with E-state index in [1.165, 1.54) is 0 Å². The van der Waals surface area contributed by atoms with Crippen molar-refractivity contribution in [3.63, 3.8) is 0 Å². The van der Waals surface area contributed by atoms with Crippen molar-refractivity contribution in [2.45, 2.75) is 12.8 Å². The summed E-state index contributed by atoms with van der Waals surface area (Å²) in [6.07, 6.45) is 3.11. The molecule has 3 aromatic rings. The number of anilines is 1. The third kappa shape index (κ3) is 3.83. The fraction of sp³-hybridized carbons (Fsp3) is 0.364. The van der Waals surface area contributed by atoms with E-state index in [0.717, 1.165) is 60.8 Å². The first-order chi connectivity index (χ1) is 15.1. The molecule has 1 N–H and O–H groups in total. The molecule has 2 aromatic heterocycles. The van der Waals surface area contributed by atoms with Crippen LogP contribution in [0.2, 0.25) is 5.02 Å². The van der Waals surface area contributed by atoms with Crippen molar-refractivity contribution in [1.29, 1.82) is 0 Å². The van der Waals surface area contributed by atoms with Gasteiger partial charge in [0.2, 0.25) is 11.9 Å². The predicted octanol–water partition coefficient (Wildman–Crippen LogP) is 2.68. The van der Waals surface area contributed by atoms with Crippen LogP contribution in [-0.4, -0.2) is 64.0 Å². The number of amides is 1. The zero-order valence-electron chi connectivity index (χ0n) is 17.4. The van der Waals surface area contributed by atoms with Crippen LogP contribution >= 0.6 is 11.6 Å². The van der Waals surface area contributed by atoms with Crippen LogP contribution in [0.15, 0.2) is 41.5 Å². The molecule has 4 heterocycles.